The zero-order valence-corrected chi connectivity index (χ0v) is 8.04. The van der Waals surface area contributed by atoms with E-state index >= 15 is 0 Å². The molecule has 0 radical (unpaired) electrons. The lowest BCUT2D eigenvalue weighted by molar-refractivity contribution is 0.530. The van der Waals surface area contributed by atoms with Gasteiger partial charge in [-0.25, -0.2) is 4.39 Å². The first-order valence-electron chi connectivity index (χ1n) is 5.31. The maximum Gasteiger partial charge on any atom is 0.123 e. The lowest BCUT2D eigenvalue weighted by Crippen LogP contribution is -2.28. The first kappa shape index (κ1) is 8.42. The Morgan fingerprint density at radius 3 is 2.64 bits per heavy atom. The van der Waals surface area contributed by atoms with E-state index in [4.69, 9.17) is 0 Å². The summed E-state index contributed by atoms with van der Waals surface area (Å²) < 4.78 is 12.7. The number of halogens is 1. The van der Waals surface area contributed by atoms with Crippen molar-refractivity contribution < 1.29 is 4.39 Å². The zero-order chi connectivity index (χ0) is 9.54. The van der Waals surface area contributed by atoms with Crippen molar-refractivity contribution in [1.82, 2.24) is 5.32 Å². The largest absolute Gasteiger partial charge is 0.313 e. The van der Waals surface area contributed by atoms with Crippen LogP contribution >= 0.6 is 0 Å². The van der Waals surface area contributed by atoms with E-state index in [9.17, 15) is 4.39 Å². The molecule has 1 nitrogen and oxygen atoms in total. The van der Waals surface area contributed by atoms with Crippen molar-refractivity contribution >= 4 is 0 Å². The van der Waals surface area contributed by atoms with Crippen LogP contribution in [0.5, 0.6) is 0 Å². The van der Waals surface area contributed by atoms with Crippen LogP contribution < -0.4 is 5.32 Å². The molecule has 1 saturated heterocycles. The summed E-state index contributed by atoms with van der Waals surface area (Å²) in [5.74, 6) is 1.71. The van der Waals surface area contributed by atoms with Crippen molar-refractivity contribution in [3.8, 4) is 0 Å². The second kappa shape index (κ2) is 3.06. The third kappa shape index (κ3) is 1.44. The molecule has 1 saturated carbocycles. The Labute approximate surface area is 83.3 Å². The van der Waals surface area contributed by atoms with Gasteiger partial charge in [-0.2, -0.15) is 0 Å². The van der Waals surface area contributed by atoms with Gasteiger partial charge in [-0.1, -0.05) is 12.1 Å². The molecule has 0 spiro atoms. The van der Waals surface area contributed by atoms with Gasteiger partial charge in [0, 0.05) is 6.04 Å². The lowest BCUT2D eigenvalue weighted by Gasteiger charge is -2.12. The first-order valence-corrected chi connectivity index (χ1v) is 5.31. The van der Waals surface area contributed by atoms with Gasteiger partial charge in [-0.05, 0) is 48.9 Å². The summed E-state index contributed by atoms with van der Waals surface area (Å²) in [6.07, 6.45) is 2.46. The Hall–Kier alpha value is -0.890. The highest BCUT2D eigenvalue weighted by Gasteiger charge is 2.47. The molecule has 0 amide bonds. The quantitative estimate of drug-likeness (QED) is 0.753. The predicted molar refractivity (Wildman–Crippen MR) is 53.5 cm³/mol. The molecular weight excluding hydrogens is 177 g/mol. The highest BCUT2D eigenvalue weighted by atomic mass is 19.1. The average molecular weight is 191 g/mol. The molecule has 2 fully saturated rings. The van der Waals surface area contributed by atoms with E-state index in [1.807, 2.05) is 12.1 Å². The lowest BCUT2D eigenvalue weighted by atomic mass is 10.0. The highest BCUT2D eigenvalue weighted by molar-refractivity contribution is 5.19. The maximum absolute atomic E-state index is 12.7. The molecule has 3 atom stereocenters. The van der Waals surface area contributed by atoms with Crippen LogP contribution in [0.25, 0.3) is 0 Å². The molecule has 2 unspecified atom stereocenters. The highest BCUT2D eigenvalue weighted by Crippen LogP contribution is 2.45. The summed E-state index contributed by atoms with van der Waals surface area (Å²) in [5.41, 5.74) is 1.25. The number of rotatable bonds is 2. The van der Waals surface area contributed by atoms with E-state index in [1.54, 1.807) is 12.1 Å². The fraction of sp³-hybridized carbons (Fsp3) is 0.500. The van der Waals surface area contributed by atoms with Gasteiger partial charge in [-0.3, -0.25) is 0 Å². The number of benzene rings is 1. The average Bonchev–Trinajstić information content (AvgIpc) is 2.88. The molecule has 1 aliphatic carbocycles. The van der Waals surface area contributed by atoms with E-state index in [2.05, 4.69) is 5.32 Å². The summed E-state index contributed by atoms with van der Waals surface area (Å²) in [7, 11) is 0. The summed E-state index contributed by atoms with van der Waals surface area (Å²) in [6, 6.07) is 7.54. The second-order valence-electron chi connectivity index (χ2n) is 4.50. The second-order valence-corrected chi connectivity index (χ2v) is 4.50. The van der Waals surface area contributed by atoms with Gasteiger partial charge in [-0.15, -0.1) is 0 Å². The summed E-state index contributed by atoms with van der Waals surface area (Å²) >= 11 is 0. The number of hydrogen-bond acceptors (Lipinski definition) is 1. The van der Waals surface area contributed by atoms with Crippen LogP contribution in [0, 0.1) is 17.7 Å². The molecule has 1 N–H and O–H groups in total. The molecule has 1 heterocycles. The molecule has 3 rings (SSSR count). The van der Waals surface area contributed by atoms with Gasteiger partial charge >= 0.3 is 0 Å². The van der Waals surface area contributed by atoms with E-state index in [1.165, 1.54) is 18.5 Å². The van der Waals surface area contributed by atoms with Crippen LogP contribution in [-0.4, -0.2) is 12.6 Å². The Bertz CT molecular complexity index is 333. The van der Waals surface area contributed by atoms with Crippen molar-refractivity contribution in [2.75, 3.05) is 6.54 Å². The third-order valence-electron chi connectivity index (χ3n) is 3.51. The summed E-state index contributed by atoms with van der Waals surface area (Å²) in [4.78, 5) is 0. The monoisotopic (exact) mass is 191 g/mol. The van der Waals surface area contributed by atoms with Gasteiger partial charge in [0.1, 0.15) is 5.82 Å². The van der Waals surface area contributed by atoms with Crippen LogP contribution in [0.4, 0.5) is 4.39 Å². The van der Waals surface area contributed by atoms with Crippen LogP contribution in [0.3, 0.4) is 0 Å². The third-order valence-corrected chi connectivity index (χ3v) is 3.51. The summed E-state index contributed by atoms with van der Waals surface area (Å²) in [5, 5.41) is 3.53. The van der Waals surface area contributed by atoms with Crippen LogP contribution in [0.1, 0.15) is 12.0 Å². The van der Waals surface area contributed by atoms with E-state index in [-0.39, 0.29) is 5.82 Å². The molecule has 0 bridgehead atoms. The van der Waals surface area contributed by atoms with Crippen LogP contribution in [0.15, 0.2) is 24.3 Å². The molecule has 14 heavy (non-hydrogen) atoms. The maximum atomic E-state index is 12.7. The van der Waals surface area contributed by atoms with E-state index in [0.717, 1.165) is 18.3 Å². The van der Waals surface area contributed by atoms with E-state index < -0.39 is 0 Å². The number of nitrogens with one attached hydrogen (secondary N) is 1. The van der Waals surface area contributed by atoms with Gasteiger partial charge in [0.2, 0.25) is 0 Å². The Morgan fingerprint density at radius 2 is 2.07 bits per heavy atom. The fourth-order valence-electron chi connectivity index (χ4n) is 2.55. The topological polar surface area (TPSA) is 12.0 Å². The Balaban J connectivity index is 1.69. The van der Waals surface area contributed by atoms with Crippen molar-refractivity contribution in [2.24, 2.45) is 11.8 Å². The summed E-state index contributed by atoms with van der Waals surface area (Å²) in [6.45, 7) is 1.19. The van der Waals surface area contributed by atoms with Crippen LogP contribution in [0.2, 0.25) is 0 Å². The smallest absolute Gasteiger partial charge is 0.123 e. The normalized spacial score (nSPS) is 34.2. The van der Waals surface area contributed by atoms with Gasteiger partial charge < -0.3 is 5.32 Å². The molecule has 74 valence electrons. The Morgan fingerprint density at radius 1 is 1.29 bits per heavy atom. The SMILES string of the molecule is Fc1ccc(CC2NC[C@H]3CC23)cc1. The molecule has 1 aliphatic heterocycles. The first-order chi connectivity index (χ1) is 6.83. The minimum absolute atomic E-state index is 0.141. The minimum atomic E-state index is -0.141. The van der Waals surface area contributed by atoms with Gasteiger partial charge in [0.05, 0.1) is 0 Å². The standard InChI is InChI=1S/C12H14FN/c13-10-3-1-8(2-4-10)5-12-11-6-9(11)7-14-12/h1-4,9,11-12,14H,5-7H2/t9-,11?,12?/m1/s1. The van der Waals surface area contributed by atoms with Gasteiger partial charge in [0.25, 0.3) is 0 Å². The predicted octanol–water partition coefficient (Wildman–Crippen LogP) is 1.98. The fourth-order valence-corrected chi connectivity index (χ4v) is 2.55. The molecular formula is C12H14FN. The number of fused-ring (bicyclic) bond motifs is 1. The van der Waals surface area contributed by atoms with Gasteiger partial charge in [0.15, 0.2) is 0 Å². The zero-order valence-electron chi connectivity index (χ0n) is 8.04. The number of piperidine rings is 1. The van der Waals surface area contributed by atoms with Crippen molar-refractivity contribution in [3.05, 3.63) is 35.6 Å². The minimum Gasteiger partial charge on any atom is -0.313 e. The molecule has 0 aromatic heterocycles. The molecule has 1 aromatic rings. The molecule has 1 aromatic carbocycles. The van der Waals surface area contributed by atoms with E-state index in [0.29, 0.717) is 6.04 Å². The Kier molecular flexibility index (Phi) is 1.84. The van der Waals surface area contributed by atoms with Crippen LogP contribution in [-0.2, 0) is 6.42 Å². The number of hydrogen-bond donors (Lipinski definition) is 1. The van der Waals surface area contributed by atoms with Crippen molar-refractivity contribution in [2.45, 2.75) is 18.9 Å². The molecule has 2 aliphatic rings. The van der Waals surface area contributed by atoms with Crippen molar-refractivity contribution in [3.63, 3.8) is 0 Å². The molecule has 2 heteroatoms. The van der Waals surface area contributed by atoms with Crippen molar-refractivity contribution in [1.29, 1.82) is 0 Å².